The number of nitrogen functional groups attached to an aromatic ring is 1. The van der Waals surface area contributed by atoms with E-state index in [9.17, 15) is 14.7 Å². The second-order valence-corrected chi connectivity index (χ2v) is 10.7. The van der Waals surface area contributed by atoms with Gasteiger partial charge in [-0.05, 0) is 71.2 Å². The Morgan fingerprint density at radius 2 is 1.80 bits per heavy atom. The Hall–Kier alpha value is -4.59. The van der Waals surface area contributed by atoms with Crippen molar-refractivity contribution >= 4 is 28.7 Å². The zero-order valence-corrected chi connectivity index (χ0v) is 22.3. The van der Waals surface area contributed by atoms with Crippen molar-refractivity contribution in [3.8, 4) is 16.9 Å². The van der Waals surface area contributed by atoms with Crippen LogP contribution < -0.4 is 10.5 Å². The zero-order valence-electron chi connectivity index (χ0n) is 22.3. The van der Waals surface area contributed by atoms with Crippen molar-refractivity contribution in [2.24, 2.45) is 0 Å². The van der Waals surface area contributed by atoms with Crippen molar-refractivity contribution in [1.82, 2.24) is 9.88 Å². The van der Waals surface area contributed by atoms with Gasteiger partial charge in [0, 0.05) is 35.7 Å². The van der Waals surface area contributed by atoms with Gasteiger partial charge in [0.2, 0.25) is 0 Å². The molecule has 1 saturated heterocycles. The number of aliphatic carboxylic acids is 1. The Morgan fingerprint density at radius 1 is 1.05 bits per heavy atom. The van der Waals surface area contributed by atoms with E-state index in [1.165, 1.54) is 12.7 Å². The number of nitrogens with zero attached hydrogens (tertiary/aromatic N) is 2. The molecule has 1 aromatic heterocycles. The molecule has 0 bridgehead atoms. The van der Waals surface area contributed by atoms with Crippen molar-refractivity contribution in [3.05, 3.63) is 89.6 Å². The minimum atomic E-state index is -0.901. The molecule has 3 N–H and O–H groups in total. The third kappa shape index (κ3) is 4.59. The number of benzene rings is 3. The lowest BCUT2D eigenvalue weighted by Crippen LogP contribution is -2.44. The third-order valence-corrected chi connectivity index (χ3v) is 8.41. The number of nitrogens with two attached hydrogens (primary N) is 1. The van der Waals surface area contributed by atoms with Gasteiger partial charge in [0.25, 0.3) is 0 Å². The number of para-hydroxylation sites is 1. The molecule has 6 rings (SSSR count). The maximum atomic E-state index is 12.2. The van der Waals surface area contributed by atoms with Crippen LogP contribution in [0.25, 0.3) is 21.9 Å². The summed E-state index contributed by atoms with van der Waals surface area (Å²) in [6, 6.07) is 22.0. The molecule has 2 aliphatic rings. The highest BCUT2D eigenvalue weighted by molar-refractivity contribution is 5.94. The summed E-state index contributed by atoms with van der Waals surface area (Å²) in [5.74, 6) is 0.176. The van der Waals surface area contributed by atoms with E-state index < -0.39 is 5.97 Å². The first-order valence-electron chi connectivity index (χ1n) is 13.5. The van der Waals surface area contributed by atoms with Gasteiger partial charge in [-0.25, -0.2) is 9.78 Å². The van der Waals surface area contributed by atoms with Gasteiger partial charge in [0.05, 0.1) is 13.5 Å². The first kappa shape index (κ1) is 25.7. The first-order valence-corrected chi connectivity index (χ1v) is 13.5. The number of fused-ring (bicyclic) bond motifs is 3. The molecule has 1 amide bonds. The van der Waals surface area contributed by atoms with Crippen LogP contribution in [0.1, 0.15) is 42.1 Å². The predicted octanol–water partition coefficient (Wildman–Crippen LogP) is 5.73. The Balaban J connectivity index is 1.40. The van der Waals surface area contributed by atoms with Gasteiger partial charge in [-0.3, -0.25) is 4.79 Å². The topological polar surface area (TPSA) is 115 Å². The van der Waals surface area contributed by atoms with E-state index in [1.807, 2.05) is 24.3 Å². The summed E-state index contributed by atoms with van der Waals surface area (Å²) in [6.45, 7) is 1.21. The summed E-state index contributed by atoms with van der Waals surface area (Å²) in [5, 5.41) is 11.4. The number of hydrogen-bond acceptors (Lipinski definition) is 6. The van der Waals surface area contributed by atoms with Crippen molar-refractivity contribution in [3.63, 3.8) is 0 Å². The molecule has 204 valence electrons. The predicted molar refractivity (Wildman–Crippen MR) is 152 cm³/mol. The highest BCUT2D eigenvalue weighted by atomic mass is 16.5. The number of likely N-dealkylation sites (tertiary alicyclic amines) is 1. The van der Waals surface area contributed by atoms with Crippen molar-refractivity contribution in [2.75, 3.05) is 25.9 Å². The second kappa shape index (κ2) is 10.2. The summed E-state index contributed by atoms with van der Waals surface area (Å²) in [7, 11) is 1.41. The fourth-order valence-corrected chi connectivity index (χ4v) is 6.34. The van der Waals surface area contributed by atoms with E-state index in [4.69, 9.17) is 15.2 Å². The number of rotatable bonds is 5. The largest absolute Gasteiger partial charge is 0.485 e. The fourth-order valence-electron chi connectivity index (χ4n) is 6.34. The second-order valence-electron chi connectivity index (χ2n) is 10.7. The van der Waals surface area contributed by atoms with Crippen LogP contribution in [0.3, 0.4) is 0 Å². The van der Waals surface area contributed by atoms with Crippen LogP contribution in [0.5, 0.6) is 5.75 Å². The average molecular weight is 538 g/mol. The van der Waals surface area contributed by atoms with Gasteiger partial charge in [0.15, 0.2) is 0 Å². The fraction of sp³-hybridized carbons (Fsp3) is 0.281. The molecule has 1 fully saturated rings. The lowest BCUT2D eigenvalue weighted by molar-refractivity contribution is -0.136. The van der Waals surface area contributed by atoms with Gasteiger partial charge in [0.1, 0.15) is 17.7 Å². The number of amides is 1. The zero-order chi connectivity index (χ0) is 27.9. The number of hydrogen-bond donors (Lipinski definition) is 2. The minimum absolute atomic E-state index is 0.110. The molecule has 4 aromatic rings. The molecule has 2 heterocycles. The number of pyridine rings is 1. The highest BCUT2D eigenvalue weighted by Gasteiger charge is 2.47. The normalized spacial score (nSPS) is 17.5. The Morgan fingerprint density at radius 3 is 2.58 bits per heavy atom. The van der Waals surface area contributed by atoms with Crippen molar-refractivity contribution in [1.29, 1.82) is 0 Å². The van der Waals surface area contributed by atoms with E-state index in [-0.39, 0.29) is 24.0 Å². The smallest absolute Gasteiger partial charge is 0.409 e. The number of carboxylic acids is 1. The van der Waals surface area contributed by atoms with Crippen molar-refractivity contribution < 1.29 is 24.2 Å². The molecular formula is C32H31N3O5. The minimum Gasteiger partial charge on any atom is -0.485 e. The molecule has 1 atom stereocenters. The van der Waals surface area contributed by atoms with Crippen LogP contribution in [-0.2, 0) is 21.4 Å². The molecule has 8 heteroatoms. The summed E-state index contributed by atoms with van der Waals surface area (Å²) in [6.07, 6.45) is 3.37. The number of aromatic nitrogens is 1. The lowest BCUT2D eigenvalue weighted by Gasteiger charge is -2.39. The van der Waals surface area contributed by atoms with Gasteiger partial charge in [-0.2, -0.15) is 0 Å². The number of piperidine rings is 1. The Labute approximate surface area is 232 Å². The van der Waals surface area contributed by atoms with Crippen LogP contribution in [0.4, 0.5) is 10.6 Å². The maximum Gasteiger partial charge on any atom is 0.409 e. The maximum absolute atomic E-state index is 12.2. The van der Waals surface area contributed by atoms with Gasteiger partial charge in [-0.15, -0.1) is 0 Å². The SMILES string of the molecule is COC(=O)N1CCC2(CC1)CC(Oc1ccccc1CC(=O)O)c1cc(-c3ccc4ccnc(N)c4c3)ccc12. The number of carboxylic acid groups (broad SMARTS) is 1. The highest BCUT2D eigenvalue weighted by Crippen LogP contribution is 2.53. The van der Waals surface area contributed by atoms with E-state index in [1.54, 1.807) is 17.2 Å². The molecule has 1 spiro atoms. The third-order valence-electron chi connectivity index (χ3n) is 8.41. The molecule has 1 aliphatic carbocycles. The van der Waals surface area contributed by atoms with E-state index in [0.29, 0.717) is 30.2 Å². The van der Waals surface area contributed by atoms with E-state index in [2.05, 4.69) is 41.4 Å². The summed E-state index contributed by atoms with van der Waals surface area (Å²) < 4.78 is 11.6. The monoisotopic (exact) mass is 537 g/mol. The summed E-state index contributed by atoms with van der Waals surface area (Å²) in [5.41, 5.74) is 11.1. The molecule has 1 unspecified atom stereocenters. The van der Waals surface area contributed by atoms with Crippen LogP contribution >= 0.6 is 0 Å². The van der Waals surface area contributed by atoms with Gasteiger partial charge < -0.3 is 25.2 Å². The summed E-state index contributed by atoms with van der Waals surface area (Å²) in [4.78, 5) is 29.7. The van der Waals surface area contributed by atoms with Crippen LogP contribution in [0, 0.1) is 0 Å². The van der Waals surface area contributed by atoms with Crippen LogP contribution in [0.15, 0.2) is 72.9 Å². The number of anilines is 1. The van der Waals surface area contributed by atoms with Gasteiger partial charge >= 0.3 is 12.1 Å². The standard InChI is InChI=1S/C32H31N3O5/c1-39-31(38)35-14-11-32(12-15-35)19-28(40-27-5-3-2-4-23(27)18-29(36)37)25-17-22(8-9-26(25)32)21-7-6-20-10-13-34-30(33)24(20)16-21/h2-10,13,16-17,28H,11-12,14-15,18-19H2,1H3,(H2,33,34)(H,36,37). The lowest BCUT2D eigenvalue weighted by atomic mass is 9.73. The van der Waals surface area contributed by atoms with E-state index in [0.717, 1.165) is 46.7 Å². The molecule has 40 heavy (non-hydrogen) atoms. The molecule has 8 nitrogen and oxygen atoms in total. The van der Waals surface area contributed by atoms with E-state index >= 15 is 0 Å². The number of carbonyl (C=O) groups is 2. The number of methoxy groups -OCH3 is 1. The average Bonchev–Trinajstić information content (AvgIpc) is 3.25. The Bertz CT molecular complexity index is 1610. The Kier molecular flexibility index (Phi) is 6.54. The van der Waals surface area contributed by atoms with Crippen LogP contribution in [-0.4, -0.2) is 47.3 Å². The molecule has 3 aromatic carbocycles. The van der Waals surface area contributed by atoms with Crippen LogP contribution in [0.2, 0.25) is 0 Å². The van der Waals surface area contributed by atoms with Gasteiger partial charge in [-0.1, -0.05) is 42.5 Å². The number of carbonyl (C=O) groups excluding carboxylic acids is 1. The molecule has 0 saturated carbocycles. The quantitative estimate of drug-likeness (QED) is 0.334. The summed E-state index contributed by atoms with van der Waals surface area (Å²) >= 11 is 0. The number of ether oxygens (including phenoxy) is 2. The molecule has 0 radical (unpaired) electrons. The molecular weight excluding hydrogens is 506 g/mol. The van der Waals surface area contributed by atoms with Crippen molar-refractivity contribution in [2.45, 2.75) is 37.2 Å². The molecule has 1 aliphatic heterocycles. The first-order chi connectivity index (χ1) is 19.4.